The lowest BCUT2D eigenvalue weighted by molar-refractivity contribution is -0.441. The van der Waals surface area contributed by atoms with Crippen LogP contribution in [0.15, 0.2) is 24.5 Å². The second-order valence-corrected chi connectivity index (χ2v) is 1.69. The third kappa shape index (κ3) is 2.14. The molecule has 0 bridgehead atoms. The van der Waals surface area contributed by atoms with E-state index in [9.17, 15) is 0 Å². The number of nitrogens with zero attached hydrogens (tertiary/aromatic N) is 1. The molecule has 1 aromatic heterocycles. The lowest BCUT2D eigenvalue weighted by Crippen LogP contribution is -2.16. The van der Waals surface area contributed by atoms with Crippen LogP contribution in [0.5, 0.6) is 0 Å². The predicted molar refractivity (Wildman–Crippen MR) is 35.8 cm³/mol. The van der Waals surface area contributed by atoms with Crippen molar-refractivity contribution < 1.29 is 15.1 Å². The Kier molecular flexibility index (Phi) is 2.88. The molecule has 0 saturated carbocycles. The van der Waals surface area contributed by atoms with E-state index >= 15 is 0 Å². The lowest BCUT2D eigenvalue weighted by atomic mass is 9.90. The van der Waals surface area contributed by atoms with Gasteiger partial charge in [0.05, 0.1) is 0 Å². The minimum absolute atomic E-state index is 0.221. The summed E-state index contributed by atoms with van der Waals surface area (Å²) in [4.78, 5) is 8.04. The van der Waals surface area contributed by atoms with Gasteiger partial charge in [-0.15, -0.1) is 0 Å². The van der Waals surface area contributed by atoms with Crippen LogP contribution >= 0.6 is 0 Å². The molecule has 0 amide bonds. The normalized spacial score (nSPS) is 9.30. The summed E-state index contributed by atoms with van der Waals surface area (Å²) in [5.74, 6) is 0. The molecule has 1 aromatic rings. The van der Waals surface area contributed by atoms with Crippen LogP contribution in [-0.2, 0) is 9.84 Å². The second-order valence-electron chi connectivity index (χ2n) is 1.69. The quantitative estimate of drug-likeness (QED) is 0.347. The molecule has 52 valence electrons. The van der Waals surface area contributed by atoms with Crippen LogP contribution in [0.4, 0.5) is 0 Å². The van der Waals surface area contributed by atoms with Crippen molar-refractivity contribution in [1.29, 1.82) is 0 Å². The van der Waals surface area contributed by atoms with Crippen molar-refractivity contribution in [1.82, 2.24) is 4.98 Å². The Bertz CT molecular complexity index is 182. The summed E-state index contributed by atoms with van der Waals surface area (Å²) in [5, 5.41) is 11.2. The Labute approximate surface area is 58.6 Å². The number of hydrogen-bond donors (Lipinski definition) is 1. The van der Waals surface area contributed by atoms with E-state index in [-0.39, 0.29) is 7.48 Å². The highest BCUT2D eigenvalue weighted by atomic mass is 17.5. The monoisotopic (exact) mass is 139 g/mol. The minimum atomic E-state index is 0.221. The van der Waals surface area contributed by atoms with E-state index in [2.05, 4.69) is 14.8 Å². The molecule has 0 unspecified atom stereocenters. The molecule has 10 heavy (non-hydrogen) atoms. The van der Waals surface area contributed by atoms with E-state index in [0.29, 0.717) is 0 Å². The van der Waals surface area contributed by atoms with E-state index < -0.39 is 0 Å². The SMILES string of the molecule is OOOBc1ccncc1. The van der Waals surface area contributed by atoms with Crippen LogP contribution in [0.2, 0.25) is 0 Å². The minimum Gasteiger partial charge on any atom is -0.274 e. The van der Waals surface area contributed by atoms with Crippen LogP contribution < -0.4 is 5.46 Å². The van der Waals surface area contributed by atoms with Crippen molar-refractivity contribution in [2.45, 2.75) is 0 Å². The molecule has 1 heterocycles. The van der Waals surface area contributed by atoms with Crippen LogP contribution in [0, 0.1) is 0 Å². The van der Waals surface area contributed by atoms with Crippen LogP contribution in [-0.4, -0.2) is 17.7 Å². The van der Waals surface area contributed by atoms with Crippen LogP contribution in [0.1, 0.15) is 0 Å². The second kappa shape index (κ2) is 4.00. The molecule has 1 N–H and O–H groups in total. The summed E-state index contributed by atoms with van der Waals surface area (Å²) < 4.78 is 0. The van der Waals surface area contributed by atoms with Gasteiger partial charge in [-0.05, 0) is 17.6 Å². The number of pyridine rings is 1. The molecule has 0 fully saturated rings. The van der Waals surface area contributed by atoms with Gasteiger partial charge in [-0.25, -0.2) is 5.26 Å². The van der Waals surface area contributed by atoms with Gasteiger partial charge in [-0.2, -0.15) is 0 Å². The van der Waals surface area contributed by atoms with E-state index in [0.717, 1.165) is 5.46 Å². The summed E-state index contributed by atoms with van der Waals surface area (Å²) in [7, 11) is 0.221. The fraction of sp³-hybridized carbons (Fsp3) is 0. The highest BCUT2D eigenvalue weighted by molar-refractivity contribution is 6.46. The summed E-state index contributed by atoms with van der Waals surface area (Å²) in [6, 6.07) is 3.53. The predicted octanol–water partition coefficient (Wildman–Crippen LogP) is -0.520. The molecule has 0 saturated heterocycles. The largest absolute Gasteiger partial charge is 0.360 e. The summed E-state index contributed by atoms with van der Waals surface area (Å²) >= 11 is 0. The van der Waals surface area contributed by atoms with Gasteiger partial charge in [0.1, 0.15) is 0 Å². The zero-order chi connectivity index (χ0) is 7.23. The molecule has 0 aliphatic carbocycles. The average Bonchev–Trinajstić information content (AvgIpc) is 2.03. The molecule has 0 aromatic carbocycles. The first-order valence-corrected chi connectivity index (χ1v) is 2.75. The van der Waals surface area contributed by atoms with Gasteiger partial charge in [0.25, 0.3) is 0 Å². The van der Waals surface area contributed by atoms with Gasteiger partial charge < -0.3 is 0 Å². The van der Waals surface area contributed by atoms with E-state index in [1.807, 2.05) is 0 Å². The van der Waals surface area contributed by atoms with Crippen molar-refractivity contribution >= 4 is 12.9 Å². The van der Waals surface area contributed by atoms with E-state index in [1.165, 1.54) is 0 Å². The first-order chi connectivity index (χ1) is 4.93. The molecule has 4 nitrogen and oxygen atoms in total. The first kappa shape index (κ1) is 7.20. The molecule has 0 atom stereocenters. The van der Waals surface area contributed by atoms with Gasteiger partial charge in [0.15, 0.2) is 0 Å². The van der Waals surface area contributed by atoms with Gasteiger partial charge >= 0.3 is 7.48 Å². The highest BCUT2D eigenvalue weighted by Crippen LogP contribution is 1.76. The Balaban J connectivity index is 2.43. The number of hydrogen-bond acceptors (Lipinski definition) is 4. The zero-order valence-corrected chi connectivity index (χ0v) is 5.23. The summed E-state index contributed by atoms with van der Waals surface area (Å²) in [5.41, 5.74) is 0.893. The Morgan fingerprint density at radius 2 is 2.10 bits per heavy atom. The Morgan fingerprint density at radius 3 is 2.70 bits per heavy atom. The average molecular weight is 139 g/mol. The molecule has 0 aliphatic rings. The van der Waals surface area contributed by atoms with Crippen molar-refractivity contribution in [3.63, 3.8) is 0 Å². The molecular weight excluding hydrogens is 133 g/mol. The maximum absolute atomic E-state index is 7.79. The molecule has 0 spiro atoms. The fourth-order valence-electron chi connectivity index (χ4n) is 0.573. The molecular formula is C5H6BNO3. The summed E-state index contributed by atoms with van der Waals surface area (Å²) in [6.07, 6.45) is 3.27. The van der Waals surface area contributed by atoms with Gasteiger partial charge in [0.2, 0.25) is 0 Å². The maximum Gasteiger partial charge on any atom is 0.360 e. The van der Waals surface area contributed by atoms with Crippen molar-refractivity contribution in [3.8, 4) is 0 Å². The first-order valence-electron chi connectivity index (χ1n) is 2.75. The standard InChI is InChI=1S/C5H6BNO3/c8-10-9-6-5-1-3-7-4-2-5/h1-4,6,8H. The van der Waals surface area contributed by atoms with Gasteiger partial charge in [-0.1, -0.05) is 5.04 Å². The van der Waals surface area contributed by atoms with Crippen LogP contribution in [0.3, 0.4) is 0 Å². The van der Waals surface area contributed by atoms with Crippen molar-refractivity contribution in [2.75, 3.05) is 0 Å². The van der Waals surface area contributed by atoms with Gasteiger partial charge in [-0.3, -0.25) is 9.79 Å². The molecule has 0 radical (unpaired) electrons. The van der Waals surface area contributed by atoms with Crippen molar-refractivity contribution in [3.05, 3.63) is 24.5 Å². The molecule has 5 heteroatoms. The van der Waals surface area contributed by atoms with Crippen molar-refractivity contribution in [2.24, 2.45) is 0 Å². The van der Waals surface area contributed by atoms with E-state index in [4.69, 9.17) is 5.26 Å². The molecule has 0 aliphatic heterocycles. The highest BCUT2D eigenvalue weighted by Gasteiger charge is 1.94. The number of aromatic nitrogens is 1. The third-order valence-electron chi connectivity index (χ3n) is 1.03. The fourth-order valence-corrected chi connectivity index (χ4v) is 0.573. The number of rotatable bonds is 3. The smallest absolute Gasteiger partial charge is 0.274 e. The maximum atomic E-state index is 7.79. The van der Waals surface area contributed by atoms with Gasteiger partial charge in [0, 0.05) is 12.4 Å². The topological polar surface area (TPSA) is 51.6 Å². The third-order valence-corrected chi connectivity index (χ3v) is 1.03. The van der Waals surface area contributed by atoms with E-state index in [1.54, 1.807) is 24.5 Å². The Hall–Kier alpha value is -0.905. The molecule has 1 rings (SSSR count). The Morgan fingerprint density at radius 1 is 1.40 bits per heavy atom. The lowest BCUT2D eigenvalue weighted by Gasteiger charge is -1.93. The van der Waals surface area contributed by atoms with Crippen LogP contribution in [0.25, 0.3) is 0 Å². The zero-order valence-electron chi connectivity index (χ0n) is 5.23. The summed E-state index contributed by atoms with van der Waals surface area (Å²) in [6.45, 7) is 0.